The highest BCUT2D eigenvalue weighted by Gasteiger charge is 2.22. The molecular formula is C66H98Cl2N18O8. The number of nitrogens with two attached hydrogens (primary N) is 2. The molecule has 0 atom stereocenters. The minimum Gasteiger partial charge on any atom is -0.388 e. The molecule has 6 aromatic heterocycles. The van der Waals surface area contributed by atoms with Crippen molar-refractivity contribution in [3.8, 4) is 0 Å². The molecule has 14 N–H and O–H groups in total. The minimum atomic E-state index is -0.438. The molecule has 0 fully saturated rings. The first-order chi connectivity index (χ1) is 44.0. The Labute approximate surface area is 563 Å². The Morgan fingerprint density at radius 3 is 0.681 bits per heavy atom. The van der Waals surface area contributed by atoms with Gasteiger partial charge in [0.2, 0.25) is 11.8 Å². The van der Waals surface area contributed by atoms with Crippen LogP contribution in [0.5, 0.6) is 0 Å². The van der Waals surface area contributed by atoms with Gasteiger partial charge in [0.15, 0.2) is 0 Å². The number of amides is 8. The number of aryl methyl sites for hydroxylation is 6. The first-order valence-electron chi connectivity index (χ1n) is 32.1. The first kappa shape index (κ1) is 77.4. The number of hydrogen-bond acceptors (Lipinski definition) is 10. The number of nitrogens with zero attached hydrogens (tertiary/aromatic N) is 6. The Morgan fingerprint density at radius 1 is 0.298 bits per heavy atom. The largest absolute Gasteiger partial charge is 0.388 e. The van der Waals surface area contributed by atoms with Crippen molar-refractivity contribution in [1.29, 1.82) is 10.8 Å². The second-order valence-corrected chi connectivity index (χ2v) is 23.9. The predicted octanol–water partition coefficient (Wildman–Crippen LogP) is 10.8. The van der Waals surface area contributed by atoms with Crippen LogP contribution in [0.25, 0.3) is 0 Å². The summed E-state index contributed by atoms with van der Waals surface area (Å²) in [6.07, 6.45) is 34.5. The number of aromatic nitrogens is 6. The fourth-order valence-electron chi connectivity index (χ4n) is 10.9. The van der Waals surface area contributed by atoms with Gasteiger partial charge >= 0.3 is 0 Å². The molecule has 28 heteroatoms. The fourth-order valence-corrected chi connectivity index (χ4v) is 10.9. The van der Waals surface area contributed by atoms with Crippen LogP contribution in [-0.2, 0) is 51.9 Å². The van der Waals surface area contributed by atoms with Crippen molar-refractivity contribution < 1.29 is 38.4 Å². The molecule has 0 aromatic carbocycles. The van der Waals surface area contributed by atoms with Gasteiger partial charge in [0.05, 0.1) is 45.8 Å². The van der Waals surface area contributed by atoms with E-state index in [4.69, 9.17) is 22.3 Å². The van der Waals surface area contributed by atoms with E-state index in [1.54, 1.807) is 143 Å². The number of carbonyl (C=O) groups excluding carboxylic acids is 8. The molecule has 0 saturated carbocycles. The number of carbonyl (C=O) groups is 8. The van der Waals surface area contributed by atoms with E-state index in [9.17, 15) is 38.4 Å². The van der Waals surface area contributed by atoms with Gasteiger partial charge in [-0.25, -0.2) is 0 Å². The van der Waals surface area contributed by atoms with Gasteiger partial charge in [0.25, 0.3) is 35.4 Å². The second kappa shape index (κ2) is 39.5. The molecule has 0 bridgehead atoms. The number of hydrogen-bond donors (Lipinski definition) is 12. The van der Waals surface area contributed by atoms with Gasteiger partial charge < -0.3 is 81.4 Å². The molecule has 94 heavy (non-hydrogen) atoms. The lowest BCUT2D eigenvalue weighted by atomic mass is 10.0. The molecular weight excluding hydrogens is 1240 g/mol. The molecule has 6 rings (SSSR count). The van der Waals surface area contributed by atoms with Crippen molar-refractivity contribution >= 4 is 118 Å². The van der Waals surface area contributed by atoms with Crippen molar-refractivity contribution in [3.05, 3.63) is 108 Å². The number of amidine groups is 2. The lowest BCUT2D eigenvalue weighted by Gasteiger charge is -2.05. The van der Waals surface area contributed by atoms with E-state index < -0.39 is 23.6 Å². The van der Waals surface area contributed by atoms with Crippen LogP contribution < -0.4 is 54.0 Å². The van der Waals surface area contributed by atoms with Crippen LogP contribution in [0.15, 0.2) is 73.6 Å². The summed E-state index contributed by atoms with van der Waals surface area (Å²) >= 11 is 0. The van der Waals surface area contributed by atoms with Crippen LogP contribution in [0.2, 0.25) is 0 Å². The Bertz CT molecular complexity index is 3300. The number of nitrogens with one attached hydrogen (secondary N) is 10. The third-order valence-corrected chi connectivity index (χ3v) is 15.9. The Morgan fingerprint density at radius 2 is 0.479 bits per heavy atom. The van der Waals surface area contributed by atoms with E-state index in [0.29, 0.717) is 69.7 Å². The van der Waals surface area contributed by atoms with Gasteiger partial charge in [-0.2, -0.15) is 0 Å². The number of halogens is 2. The predicted molar refractivity (Wildman–Crippen MR) is 375 cm³/mol. The normalized spacial score (nSPS) is 10.8. The Balaban J connectivity index is 0.00000941. The molecule has 0 spiro atoms. The molecule has 0 saturated heterocycles. The summed E-state index contributed by atoms with van der Waals surface area (Å²) in [4.78, 5) is 104. The van der Waals surface area contributed by atoms with Crippen LogP contribution in [-0.4, -0.2) is 99.4 Å². The average Bonchev–Trinajstić information content (AvgIpc) is 1.70. The maximum Gasteiger partial charge on any atom is 0.272 e. The quantitative estimate of drug-likeness (QED) is 0.00978. The van der Waals surface area contributed by atoms with E-state index in [-0.39, 0.29) is 97.4 Å². The topological polar surface area (TPSA) is 362 Å². The summed E-state index contributed by atoms with van der Waals surface area (Å²) in [7, 11) is 10.2. The van der Waals surface area contributed by atoms with Gasteiger partial charge in [-0.3, -0.25) is 49.2 Å². The highest BCUT2D eigenvalue weighted by atomic mass is 35.5. The molecule has 8 amide bonds. The Hall–Kier alpha value is -9.04. The zero-order chi connectivity index (χ0) is 66.7. The fraction of sp³-hybridized carbons (Fsp3) is 0.485. The van der Waals surface area contributed by atoms with E-state index in [2.05, 4.69) is 42.5 Å². The van der Waals surface area contributed by atoms with E-state index >= 15 is 0 Å². The molecule has 0 aliphatic rings. The van der Waals surface area contributed by atoms with Gasteiger partial charge in [0, 0.05) is 118 Å². The molecule has 26 nitrogen and oxygen atoms in total. The van der Waals surface area contributed by atoms with Crippen LogP contribution in [0.3, 0.4) is 0 Å². The third kappa shape index (κ3) is 25.5. The standard InChI is InChI=1S/C66H96N18O8.2ClH/c1-79-41-47(35-51(79)61(87)71-31-29-57(67)68)75-65(91)55-37-49(43-83(55)5)77-63(89)53-33-45(39-81(53)3)73-59(85)27-25-23-21-19-17-15-13-11-9-7-8-10-12-14-16-18-20-22-24-26-28-60(86)74-46-34-54(82(4)40-46)64(90)78-50-38-56(84(6)44-50)66(92)76-48-36-52(80(2)42-48)62(88)72-32-30-58(69)70;;/h33-44H,7-32H2,1-6H3,(H3,67,68)(H3,69,70)(H,71,87)(H,72,88)(H,73,85)(H,74,86)(H,75,91)(H,76,92)(H,77,89)(H,78,90);2*1H. The summed E-state index contributed by atoms with van der Waals surface area (Å²) < 4.78 is 9.62. The number of anilines is 6. The smallest absolute Gasteiger partial charge is 0.272 e. The minimum absolute atomic E-state index is 0. The van der Waals surface area contributed by atoms with E-state index in [1.807, 2.05) is 0 Å². The van der Waals surface area contributed by atoms with Crippen LogP contribution >= 0.6 is 24.8 Å². The highest BCUT2D eigenvalue weighted by molar-refractivity contribution is 6.09. The van der Waals surface area contributed by atoms with Gasteiger partial charge in [-0.15, -0.1) is 24.8 Å². The maximum absolute atomic E-state index is 13.3. The molecule has 0 unspecified atom stereocenters. The molecule has 0 radical (unpaired) electrons. The highest BCUT2D eigenvalue weighted by Crippen LogP contribution is 2.24. The van der Waals surface area contributed by atoms with Crippen LogP contribution in [0, 0.1) is 10.8 Å². The third-order valence-electron chi connectivity index (χ3n) is 15.9. The summed E-state index contributed by atoms with van der Waals surface area (Å²) in [6, 6.07) is 9.45. The van der Waals surface area contributed by atoms with Gasteiger partial charge in [-0.05, 0) is 49.2 Å². The molecule has 6 aromatic rings. The summed E-state index contributed by atoms with van der Waals surface area (Å²) in [5.74, 6) is -2.66. The summed E-state index contributed by atoms with van der Waals surface area (Å²) in [5, 5.41) is 37.1. The molecule has 514 valence electrons. The Kier molecular flexibility index (Phi) is 32.5. The van der Waals surface area contributed by atoms with Crippen molar-refractivity contribution in [3.63, 3.8) is 0 Å². The lowest BCUT2D eigenvalue weighted by molar-refractivity contribution is -0.117. The van der Waals surface area contributed by atoms with Crippen LogP contribution in [0.4, 0.5) is 34.1 Å². The van der Waals surface area contributed by atoms with Crippen molar-refractivity contribution in [1.82, 2.24) is 38.0 Å². The number of unbranched alkanes of at least 4 members (excludes halogenated alkanes) is 19. The molecule has 0 aliphatic heterocycles. The monoisotopic (exact) mass is 1340 g/mol. The lowest BCUT2D eigenvalue weighted by Crippen LogP contribution is -2.28. The zero-order valence-corrected chi connectivity index (χ0v) is 56.9. The van der Waals surface area contributed by atoms with Crippen molar-refractivity contribution in [2.24, 2.45) is 53.8 Å². The van der Waals surface area contributed by atoms with E-state index in [0.717, 1.165) is 38.5 Å². The molecule has 0 aliphatic carbocycles. The van der Waals surface area contributed by atoms with Crippen LogP contribution in [0.1, 0.15) is 217 Å². The SMILES string of the molecule is Cl.Cl.Cn1cc(NC(=O)c2cc(NC(=O)c3cc(NC(=O)CCCCCCCCCCCCCCCCCCCCCCC(=O)Nc4cc(C(=O)Nc5cc(C(=O)Nc6cc(C(=O)NCCC(=N)N)n(C)c6)n(C)c5)n(C)c4)cn3C)cn2C)cc1C(=O)NCCC(=N)N. The van der Waals surface area contributed by atoms with Crippen molar-refractivity contribution in [2.45, 2.75) is 154 Å². The van der Waals surface area contributed by atoms with E-state index in [1.165, 1.54) is 89.9 Å². The summed E-state index contributed by atoms with van der Waals surface area (Å²) in [5.41, 5.74) is 15.3. The molecule has 6 heterocycles. The zero-order valence-electron chi connectivity index (χ0n) is 55.2. The second-order valence-electron chi connectivity index (χ2n) is 23.9. The van der Waals surface area contributed by atoms with Gasteiger partial charge in [0.1, 0.15) is 34.2 Å². The number of rotatable bonds is 41. The van der Waals surface area contributed by atoms with Crippen molar-refractivity contribution in [2.75, 3.05) is 45.0 Å². The first-order valence-corrected chi connectivity index (χ1v) is 32.1. The summed E-state index contributed by atoms with van der Waals surface area (Å²) in [6.45, 7) is 0.436. The average molecular weight is 1340 g/mol. The van der Waals surface area contributed by atoms with Gasteiger partial charge in [-0.1, -0.05) is 116 Å². The maximum atomic E-state index is 13.3.